The topological polar surface area (TPSA) is 134 Å². The largest absolute Gasteiger partial charge is 0.494 e. The second-order valence-corrected chi connectivity index (χ2v) is 8.29. The Balaban J connectivity index is 2.81. The molecule has 1 aromatic carbocycles. The van der Waals surface area contributed by atoms with Crippen LogP contribution in [0.5, 0.6) is 5.75 Å². The van der Waals surface area contributed by atoms with E-state index >= 15 is 0 Å². The number of carbonyl (C=O) groups is 2. The maximum Gasteiger partial charge on any atom is 0.319 e. The third-order valence-electron chi connectivity index (χ3n) is 3.52. The zero-order valence-corrected chi connectivity index (χ0v) is 16.1. The van der Waals surface area contributed by atoms with Gasteiger partial charge < -0.3 is 20.5 Å². The van der Waals surface area contributed by atoms with Gasteiger partial charge in [-0.3, -0.25) is 9.52 Å². The van der Waals surface area contributed by atoms with Crippen LogP contribution >= 0.6 is 0 Å². The number of rotatable bonds is 9. The highest BCUT2D eigenvalue weighted by Crippen LogP contribution is 2.29. The summed E-state index contributed by atoms with van der Waals surface area (Å²) in [6.45, 7) is 4.96. The van der Waals surface area contributed by atoms with Crippen molar-refractivity contribution in [3.8, 4) is 5.75 Å². The molecule has 0 saturated heterocycles. The van der Waals surface area contributed by atoms with Gasteiger partial charge in [0.1, 0.15) is 5.75 Å². The highest BCUT2D eigenvalue weighted by Gasteiger charge is 2.22. The lowest BCUT2D eigenvalue weighted by molar-refractivity contribution is -0.137. The Morgan fingerprint density at radius 3 is 2.46 bits per heavy atom. The third-order valence-corrected chi connectivity index (χ3v) is 4.81. The van der Waals surface area contributed by atoms with Gasteiger partial charge in [-0.1, -0.05) is 0 Å². The van der Waals surface area contributed by atoms with E-state index in [0.29, 0.717) is 5.69 Å². The highest BCUT2D eigenvalue weighted by molar-refractivity contribution is 7.92. The summed E-state index contributed by atoms with van der Waals surface area (Å²) in [6, 6.07) is 3.98. The first-order chi connectivity index (χ1) is 12.0. The fourth-order valence-electron chi connectivity index (χ4n) is 2.04. The molecule has 9 nitrogen and oxygen atoms in total. The molecule has 0 aromatic heterocycles. The summed E-state index contributed by atoms with van der Waals surface area (Å²) in [5.41, 5.74) is -0.0431. The van der Waals surface area contributed by atoms with E-state index in [1.54, 1.807) is 13.8 Å². The molecule has 0 aliphatic rings. The molecule has 0 aliphatic carbocycles. The van der Waals surface area contributed by atoms with Crippen molar-refractivity contribution >= 4 is 33.4 Å². The van der Waals surface area contributed by atoms with Crippen molar-refractivity contribution in [2.75, 3.05) is 22.9 Å². The van der Waals surface area contributed by atoms with Crippen LogP contribution in [-0.2, 0) is 14.8 Å². The minimum absolute atomic E-state index is 0.0621. The maximum absolute atomic E-state index is 12.1. The number of amides is 2. The van der Waals surface area contributed by atoms with Gasteiger partial charge in [0.15, 0.2) is 0 Å². The van der Waals surface area contributed by atoms with Gasteiger partial charge in [-0.15, -0.1) is 0 Å². The molecule has 0 fully saturated rings. The van der Waals surface area contributed by atoms with Gasteiger partial charge in [0.2, 0.25) is 10.0 Å². The number of nitrogens with one attached hydrogen (secondary N) is 3. The molecule has 4 N–H and O–H groups in total. The smallest absolute Gasteiger partial charge is 0.319 e. The van der Waals surface area contributed by atoms with Crippen LogP contribution in [0, 0.1) is 0 Å². The first-order valence-electron chi connectivity index (χ1n) is 7.97. The van der Waals surface area contributed by atoms with E-state index in [0.717, 1.165) is 0 Å². The molecule has 0 spiro atoms. The van der Waals surface area contributed by atoms with E-state index in [-0.39, 0.29) is 30.0 Å². The number of aliphatic carboxylic acids is 1. The van der Waals surface area contributed by atoms with E-state index in [4.69, 9.17) is 9.84 Å². The Bertz CT molecular complexity index is 761. The van der Waals surface area contributed by atoms with Gasteiger partial charge in [0.05, 0.1) is 18.6 Å². The number of methoxy groups -OCH3 is 1. The summed E-state index contributed by atoms with van der Waals surface area (Å²) in [5, 5.41) is 14.0. The highest BCUT2D eigenvalue weighted by atomic mass is 32.2. The number of ether oxygens (including phenoxy) is 1. The molecule has 0 atom stereocenters. The van der Waals surface area contributed by atoms with Crippen molar-refractivity contribution in [2.24, 2.45) is 0 Å². The SMILES string of the molecule is CCS(=O)(=O)Nc1ccc(NC(=O)NC(C)(C)CCC(=O)O)cc1OC. The summed E-state index contributed by atoms with van der Waals surface area (Å²) < 4.78 is 30.9. The Kier molecular flexibility index (Phi) is 7.25. The van der Waals surface area contributed by atoms with Gasteiger partial charge in [-0.2, -0.15) is 0 Å². The fourth-order valence-corrected chi connectivity index (χ4v) is 2.69. The van der Waals surface area contributed by atoms with Crippen LogP contribution in [0.3, 0.4) is 0 Å². The zero-order valence-electron chi connectivity index (χ0n) is 15.3. The lowest BCUT2D eigenvalue weighted by Crippen LogP contribution is -2.45. The Labute approximate surface area is 153 Å². The molecule has 0 bridgehead atoms. The predicted molar refractivity (Wildman–Crippen MR) is 99.2 cm³/mol. The van der Waals surface area contributed by atoms with Gasteiger partial charge >= 0.3 is 12.0 Å². The predicted octanol–water partition coefficient (Wildman–Crippen LogP) is 2.22. The zero-order chi connectivity index (χ0) is 20.0. The number of urea groups is 1. The van der Waals surface area contributed by atoms with E-state index in [1.165, 1.54) is 32.2 Å². The molecule has 0 saturated carbocycles. The molecule has 26 heavy (non-hydrogen) atoms. The molecular formula is C16H25N3O6S. The molecule has 0 radical (unpaired) electrons. The third kappa shape index (κ3) is 7.18. The summed E-state index contributed by atoms with van der Waals surface area (Å²) >= 11 is 0. The number of hydrogen-bond acceptors (Lipinski definition) is 5. The monoisotopic (exact) mass is 387 g/mol. The first kappa shape index (κ1) is 21.6. The van der Waals surface area contributed by atoms with Gasteiger partial charge in [0, 0.05) is 23.7 Å². The number of benzene rings is 1. The number of hydrogen-bond donors (Lipinski definition) is 4. The number of carboxylic acids is 1. The molecule has 1 aromatic rings. The fraction of sp³-hybridized carbons (Fsp3) is 0.500. The van der Waals surface area contributed by atoms with Crippen molar-refractivity contribution in [2.45, 2.75) is 39.2 Å². The van der Waals surface area contributed by atoms with Crippen LogP contribution in [0.15, 0.2) is 18.2 Å². The van der Waals surface area contributed by atoms with Crippen molar-refractivity contribution in [3.05, 3.63) is 18.2 Å². The molecule has 10 heteroatoms. The Hall–Kier alpha value is -2.49. The van der Waals surface area contributed by atoms with Gasteiger partial charge in [0.25, 0.3) is 0 Å². The molecule has 0 unspecified atom stereocenters. The lowest BCUT2D eigenvalue weighted by Gasteiger charge is -2.25. The number of sulfonamides is 1. The molecule has 0 heterocycles. The maximum atomic E-state index is 12.1. The summed E-state index contributed by atoms with van der Waals surface area (Å²) in [7, 11) is -2.07. The molecule has 1 rings (SSSR count). The molecule has 2 amide bonds. The van der Waals surface area contributed by atoms with Crippen molar-refractivity contribution in [1.82, 2.24) is 5.32 Å². The van der Waals surface area contributed by atoms with Crippen LogP contribution in [0.25, 0.3) is 0 Å². The minimum atomic E-state index is -3.46. The molecule has 146 valence electrons. The lowest BCUT2D eigenvalue weighted by atomic mass is 9.99. The Morgan fingerprint density at radius 2 is 1.92 bits per heavy atom. The van der Waals surface area contributed by atoms with E-state index < -0.39 is 27.6 Å². The van der Waals surface area contributed by atoms with Gasteiger partial charge in [-0.25, -0.2) is 13.2 Å². The Morgan fingerprint density at radius 1 is 1.27 bits per heavy atom. The van der Waals surface area contributed by atoms with Crippen LogP contribution in [0.4, 0.5) is 16.2 Å². The quantitative estimate of drug-likeness (QED) is 0.513. The molecular weight excluding hydrogens is 362 g/mol. The van der Waals surface area contributed by atoms with Crippen molar-refractivity contribution < 1.29 is 27.9 Å². The van der Waals surface area contributed by atoms with E-state index in [2.05, 4.69) is 15.4 Å². The average Bonchev–Trinajstić information content (AvgIpc) is 2.53. The minimum Gasteiger partial charge on any atom is -0.494 e. The summed E-state index contributed by atoms with van der Waals surface area (Å²) in [6.07, 6.45) is 0.212. The van der Waals surface area contributed by atoms with Crippen molar-refractivity contribution in [1.29, 1.82) is 0 Å². The number of carboxylic acid groups (broad SMARTS) is 1. The second kappa shape index (κ2) is 8.75. The van der Waals surface area contributed by atoms with Gasteiger partial charge in [-0.05, 0) is 39.3 Å². The van der Waals surface area contributed by atoms with E-state index in [1.807, 2.05) is 0 Å². The van der Waals surface area contributed by atoms with E-state index in [9.17, 15) is 18.0 Å². The van der Waals surface area contributed by atoms with Crippen LogP contribution in [0.1, 0.15) is 33.6 Å². The van der Waals surface area contributed by atoms with Crippen molar-refractivity contribution in [3.63, 3.8) is 0 Å². The van der Waals surface area contributed by atoms with Crippen LogP contribution in [-0.4, -0.2) is 43.9 Å². The second-order valence-electron chi connectivity index (χ2n) is 6.28. The summed E-state index contributed by atoms with van der Waals surface area (Å²) in [5.74, 6) is -0.760. The molecule has 0 aliphatic heterocycles. The number of carbonyl (C=O) groups excluding carboxylic acids is 1. The number of anilines is 2. The van der Waals surface area contributed by atoms with Crippen LogP contribution in [0.2, 0.25) is 0 Å². The van der Waals surface area contributed by atoms with Crippen LogP contribution < -0.4 is 20.1 Å². The summed E-state index contributed by atoms with van der Waals surface area (Å²) in [4.78, 5) is 22.8. The first-order valence-corrected chi connectivity index (χ1v) is 9.62. The normalized spacial score (nSPS) is 11.5. The average molecular weight is 387 g/mol. The standard InChI is InChI=1S/C16H25N3O6S/c1-5-26(23,24)19-12-7-6-11(10-13(12)25-4)17-15(22)18-16(2,3)9-8-14(20)21/h6-7,10,19H,5,8-9H2,1-4H3,(H,20,21)(H2,17,18,22).